The van der Waals surface area contributed by atoms with Crippen molar-refractivity contribution >= 4 is 35.0 Å². The van der Waals surface area contributed by atoms with E-state index in [-0.39, 0.29) is 17.6 Å². The topological polar surface area (TPSA) is 109 Å². The molecule has 0 bridgehead atoms. The fraction of sp³-hybridized carbons (Fsp3) is 0.393. The van der Waals surface area contributed by atoms with Gasteiger partial charge in [-0.1, -0.05) is 17.7 Å². The van der Waals surface area contributed by atoms with Crippen molar-refractivity contribution in [3.05, 3.63) is 58.8 Å². The molecule has 0 saturated carbocycles. The van der Waals surface area contributed by atoms with Gasteiger partial charge in [-0.25, -0.2) is 9.18 Å². The predicted octanol–water partition coefficient (Wildman–Crippen LogP) is 5.63. The van der Waals surface area contributed by atoms with Crippen molar-refractivity contribution in [2.24, 2.45) is 0 Å². The Kier molecular flexibility index (Phi) is 6.92. The van der Waals surface area contributed by atoms with E-state index in [1.165, 1.54) is 13.3 Å². The number of amides is 2. The van der Waals surface area contributed by atoms with E-state index >= 15 is 4.39 Å². The zero-order chi connectivity index (χ0) is 27.9. The number of H-pyrrole nitrogens is 1. The number of methoxy groups -OCH3 is 1. The Balaban J connectivity index is 1.59. The molecule has 0 aliphatic carbocycles. The monoisotopic (exact) mass is 555 g/mol. The fourth-order valence-corrected chi connectivity index (χ4v) is 5.53. The lowest BCUT2D eigenvalue weighted by Crippen LogP contribution is -2.54. The first-order chi connectivity index (χ1) is 18.5. The number of benzene rings is 1. The van der Waals surface area contributed by atoms with Gasteiger partial charge in [0, 0.05) is 42.5 Å². The summed E-state index contributed by atoms with van der Waals surface area (Å²) >= 11 is 6.36. The maximum absolute atomic E-state index is 15.1. The van der Waals surface area contributed by atoms with Crippen molar-refractivity contribution in [1.82, 2.24) is 20.2 Å². The molecule has 5 rings (SSSR count). The number of hydrogen-bond donors (Lipinski definition) is 3. The van der Waals surface area contributed by atoms with E-state index in [1.807, 2.05) is 20.8 Å². The van der Waals surface area contributed by atoms with Crippen molar-refractivity contribution in [1.29, 1.82) is 0 Å². The standard InChI is InChI=1S/C28H31ClFN5O4/c1-27(2,3)39-26(37)35-12-9-28(10-13-35)15-32-25(36)20-22(33-19-7-5-6-17(29)23(19)38-4)21(34-24(20)28)16-8-11-31-14-18(16)30/h5-8,11,14,33-34H,9-10,12-13,15H2,1-4H3,(H,32,36). The van der Waals surface area contributed by atoms with Crippen molar-refractivity contribution in [2.45, 2.75) is 44.6 Å². The molecule has 4 heterocycles. The van der Waals surface area contributed by atoms with Gasteiger partial charge in [0.05, 0.1) is 41.0 Å². The highest BCUT2D eigenvalue weighted by Gasteiger charge is 2.46. The number of ether oxygens (including phenoxy) is 2. The van der Waals surface area contributed by atoms with Crippen LogP contribution in [0.4, 0.5) is 20.6 Å². The molecule has 1 fully saturated rings. The summed E-state index contributed by atoms with van der Waals surface area (Å²) in [6.45, 7) is 6.80. The molecule has 2 amide bonds. The summed E-state index contributed by atoms with van der Waals surface area (Å²) in [6.07, 6.45) is 3.43. The van der Waals surface area contributed by atoms with Crippen molar-refractivity contribution < 1.29 is 23.5 Å². The molecule has 39 heavy (non-hydrogen) atoms. The molecule has 1 aromatic carbocycles. The second-order valence-corrected chi connectivity index (χ2v) is 11.3. The normalized spacial score (nSPS) is 16.5. The number of likely N-dealkylation sites (tertiary alicyclic amines) is 1. The zero-order valence-corrected chi connectivity index (χ0v) is 23.0. The third kappa shape index (κ3) is 5.01. The minimum Gasteiger partial charge on any atom is -0.493 e. The van der Waals surface area contributed by atoms with Gasteiger partial charge in [-0.2, -0.15) is 0 Å². The van der Waals surface area contributed by atoms with Gasteiger partial charge in [0.25, 0.3) is 5.91 Å². The third-order valence-corrected chi connectivity index (χ3v) is 7.49. The lowest BCUT2D eigenvalue weighted by atomic mass is 9.72. The van der Waals surface area contributed by atoms with Crippen LogP contribution >= 0.6 is 11.6 Å². The van der Waals surface area contributed by atoms with Crippen LogP contribution in [-0.4, -0.2) is 59.2 Å². The second kappa shape index (κ2) is 10.1. The van der Waals surface area contributed by atoms with Crippen LogP contribution in [-0.2, 0) is 10.2 Å². The number of aromatic nitrogens is 2. The van der Waals surface area contributed by atoms with E-state index in [2.05, 4.69) is 20.6 Å². The number of hydrogen-bond acceptors (Lipinski definition) is 6. The molecule has 0 atom stereocenters. The molecule has 0 unspecified atom stereocenters. The van der Waals surface area contributed by atoms with Gasteiger partial charge in [-0.15, -0.1) is 0 Å². The highest BCUT2D eigenvalue weighted by atomic mass is 35.5. The Hall–Kier alpha value is -3.79. The summed E-state index contributed by atoms with van der Waals surface area (Å²) in [5, 5.41) is 6.72. The third-order valence-electron chi connectivity index (χ3n) is 7.19. The Bertz CT molecular complexity index is 1430. The van der Waals surface area contributed by atoms with E-state index in [1.54, 1.807) is 29.2 Å². The molecule has 2 aliphatic rings. The number of rotatable bonds is 4. The summed E-state index contributed by atoms with van der Waals surface area (Å²) in [5.74, 6) is -0.427. The van der Waals surface area contributed by atoms with E-state index in [0.29, 0.717) is 71.6 Å². The molecule has 206 valence electrons. The second-order valence-electron chi connectivity index (χ2n) is 10.9. The number of piperidine rings is 1. The van der Waals surface area contributed by atoms with Gasteiger partial charge in [-0.05, 0) is 51.8 Å². The average molecular weight is 556 g/mol. The number of fused-ring (bicyclic) bond motifs is 2. The van der Waals surface area contributed by atoms with E-state index in [0.717, 1.165) is 6.20 Å². The molecule has 3 N–H and O–H groups in total. The van der Waals surface area contributed by atoms with E-state index < -0.39 is 16.8 Å². The number of nitrogens with one attached hydrogen (secondary N) is 3. The number of anilines is 2. The minimum atomic E-state index is -0.594. The number of carbonyl (C=O) groups is 2. The summed E-state index contributed by atoms with van der Waals surface area (Å²) in [7, 11) is 1.50. The quantitative estimate of drug-likeness (QED) is 0.385. The minimum absolute atomic E-state index is 0.261. The Labute approximate surface area is 231 Å². The van der Waals surface area contributed by atoms with Crippen LogP contribution in [0.1, 0.15) is 49.7 Å². The number of nitrogens with zero attached hydrogens (tertiary/aromatic N) is 2. The summed E-state index contributed by atoms with van der Waals surface area (Å²) in [4.78, 5) is 35.1. The smallest absolute Gasteiger partial charge is 0.410 e. The van der Waals surface area contributed by atoms with Gasteiger partial charge in [0.15, 0.2) is 11.6 Å². The number of aromatic amines is 1. The molecule has 11 heteroatoms. The first-order valence-electron chi connectivity index (χ1n) is 12.7. The highest BCUT2D eigenvalue weighted by Crippen LogP contribution is 2.47. The molecule has 1 saturated heterocycles. The first-order valence-corrected chi connectivity index (χ1v) is 13.1. The molecular formula is C28H31ClFN5O4. The SMILES string of the molecule is COc1c(Cl)cccc1Nc1c(-c2ccncc2F)[nH]c2c1C(=O)NCC21CCN(C(=O)OC(C)(C)C)CC1. The molecule has 3 aromatic rings. The molecular weight excluding hydrogens is 525 g/mol. The van der Waals surface area contributed by atoms with Crippen LogP contribution in [0.25, 0.3) is 11.3 Å². The lowest BCUT2D eigenvalue weighted by Gasteiger charge is -2.44. The van der Waals surface area contributed by atoms with Crippen LogP contribution in [0.5, 0.6) is 5.75 Å². The summed E-state index contributed by atoms with van der Waals surface area (Å²) < 4.78 is 26.1. The van der Waals surface area contributed by atoms with E-state index in [9.17, 15) is 9.59 Å². The number of para-hydroxylation sites is 1. The number of carbonyl (C=O) groups excluding carboxylic acids is 2. The predicted molar refractivity (Wildman–Crippen MR) is 146 cm³/mol. The zero-order valence-electron chi connectivity index (χ0n) is 22.3. The molecule has 0 radical (unpaired) electrons. The molecule has 2 aliphatic heterocycles. The Morgan fingerprint density at radius 1 is 1.23 bits per heavy atom. The lowest BCUT2D eigenvalue weighted by molar-refractivity contribution is 0.0156. The largest absolute Gasteiger partial charge is 0.493 e. The molecule has 2 aromatic heterocycles. The summed E-state index contributed by atoms with van der Waals surface area (Å²) in [6, 6.07) is 6.78. The van der Waals surface area contributed by atoms with Crippen molar-refractivity contribution in [3.8, 4) is 17.0 Å². The van der Waals surface area contributed by atoms with Gasteiger partial charge in [-0.3, -0.25) is 9.78 Å². The molecule has 9 nitrogen and oxygen atoms in total. The Morgan fingerprint density at radius 3 is 2.64 bits per heavy atom. The first kappa shape index (κ1) is 26.8. The van der Waals surface area contributed by atoms with Crippen LogP contribution in [0, 0.1) is 5.82 Å². The molecule has 1 spiro atoms. The van der Waals surface area contributed by atoms with Crippen LogP contribution < -0.4 is 15.4 Å². The maximum Gasteiger partial charge on any atom is 0.410 e. The van der Waals surface area contributed by atoms with Crippen molar-refractivity contribution in [2.75, 3.05) is 32.1 Å². The van der Waals surface area contributed by atoms with Gasteiger partial charge >= 0.3 is 6.09 Å². The van der Waals surface area contributed by atoms with Gasteiger partial charge < -0.3 is 30.0 Å². The number of pyridine rings is 1. The average Bonchev–Trinajstić information content (AvgIpc) is 3.27. The summed E-state index contributed by atoms with van der Waals surface area (Å²) in [5.41, 5.74) is 1.60. The van der Waals surface area contributed by atoms with E-state index in [4.69, 9.17) is 21.1 Å². The highest BCUT2D eigenvalue weighted by molar-refractivity contribution is 6.32. The number of halogens is 2. The Morgan fingerprint density at radius 2 is 1.97 bits per heavy atom. The van der Waals surface area contributed by atoms with Crippen molar-refractivity contribution in [3.63, 3.8) is 0 Å². The fourth-order valence-electron chi connectivity index (χ4n) is 5.28. The van der Waals surface area contributed by atoms with Crippen LogP contribution in [0.15, 0.2) is 36.7 Å². The van der Waals surface area contributed by atoms with Crippen LogP contribution in [0.2, 0.25) is 5.02 Å². The van der Waals surface area contributed by atoms with Gasteiger partial charge in [0.1, 0.15) is 5.60 Å². The maximum atomic E-state index is 15.1. The van der Waals surface area contributed by atoms with Crippen LogP contribution in [0.3, 0.4) is 0 Å². The van der Waals surface area contributed by atoms with Gasteiger partial charge in [0.2, 0.25) is 0 Å².